The molecule has 3 heteroatoms. The van der Waals surface area contributed by atoms with Gasteiger partial charge in [0.25, 0.3) is 0 Å². The lowest BCUT2D eigenvalue weighted by Crippen LogP contribution is -2.23. The molecule has 0 atom stereocenters. The van der Waals surface area contributed by atoms with Crippen LogP contribution in [0.2, 0.25) is 0 Å². The molecule has 0 aliphatic carbocycles. The molecular weight excluding hydrogens is 274 g/mol. The Bertz CT molecular complexity index is 657. The van der Waals surface area contributed by atoms with Crippen LogP contribution in [-0.2, 0) is 0 Å². The van der Waals surface area contributed by atoms with Crippen molar-refractivity contribution in [3.63, 3.8) is 0 Å². The van der Waals surface area contributed by atoms with Crippen molar-refractivity contribution in [2.75, 3.05) is 6.61 Å². The monoisotopic (exact) mass is 291 g/mol. The highest BCUT2D eigenvalue weighted by Gasteiger charge is 2.14. The zero-order valence-corrected chi connectivity index (χ0v) is 12.1. The fraction of sp³-hybridized carbons (Fsp3) is 0.105. The molecule has 0 amide bonds. The molecule has 0 radical (unpaired) electrons. The SMILES string of the molecule is [O-][n+]1ccc(OCC(c2ccccc2)c2ccccc2)cc1. The minimum atomic E-state index is 0.155. The molecule has 1 aromatic heterocycles. The van der Waals surface area contributed by atoms with E-state index in [4.69, 9.17) is 4.74 Å². The molecule has 0 fully saturated rings. The van der Waals surface area contributed by atoms with Crippen LogP contribution < -0.4 is 9.47 Å². The molecule has 1 heterocycles. The fourth-order valence-electron chi connectivity index (χ4n) is 2.43. The summed E-state index contributed by atoms with van der Waals surface area (Å²) < 4.78 is 6.63. The minimum Gasteiger partial charge on any atom is -0.619 e. The van der Waals surface area contributed by atoms with E-state index in [-0.39, 0.29) is 5.92 Å². The number of aromatic nitrogens is 1. The summed E-state index contributed by atoms with van der Waals surface area (Å²) in [7, 11) is 0. The van der Waals surface area contributed by atoms with E-state index in [1.54, 1.807) is 12.1 Å². The normalized spacial score (nSPS) is 10.6. The van der Waals surface area contributed by atoms with E-state index in [1.165, 1.54) is 23.5 Å². The maximum Gasteiger partial charge on any atom is 0.184 e. The summed E-state index contributed by atoms with van der Waals surface area (Å²) in [6.07, 6.45) is 2.88. The quantitative estimate of drug-likeness (QED) is 0.532. The van der Waals surface area contributed by atoms with Crippen LogP contribution >= 0.6 is 0 Å². The van der Waals surface area contributed by atoms with Crippen LogP contribution in [0, 0.1) is 5.21 Å². The third-order valence-electron chi connectivity index (χ3n) is 3.59. The van der Waals surface area contributed by atoms with E-state index in [0.717, 1.165) is 4.73 Å². The van der Waals surface area contributed by atoms with E-state index in [2.05, 4.69) is 24.3 Å². The van der Waals surface area contributed by atoms with Crippen LogP contribution in [0.4, 0.5) is 0 Å². The first-order chi connectivity index (χ1) is 10.8. The van der Waals surface area contributed by atoms with Gasteiger partial charge in [-0.3, -0.25) is 0 Å². The van der Waals surface area contributed by atoms with Gasteiger partial charge in [-0.15, -0.1) is 0 Å². The zero-order chi connectivity index (χ0) is 15.2. The molecule has 3 aromatic rings. The number of rotatable bonds is 5. The van der Waals surface area contributed by atoms with Gasteiger partial charge in [0.05, 0.1) is 6.61 Å². The maximum absolute atomic E-state index is 11.1. The van der Waals surface area contributed by atoms with Crippen molar-refractivity contribution < 1.29 is 9.47 Å². The molecular formula is C19H17NO2. The van der Waals surface area contributed by atoms with Gasteiger partial charge in [-0.2, -0.15) is 4.73 Å². The molecule has 0 saturated heterocycles. The van der Waals surface area contributed by atoms with E-state index in [1.807, 2.05) is 36.4 Å². The van der Waals surface area contributed by atoms with Gasteiger partial charge >= 0.3 is 0 Å². The predicted molar refractivity (Wildman–Crippen MR) is 85.6 cm³/mol. The summed E-state index contributed by atoms with van der Waals surface area (Å²) in [6.45, 7) is 0.525. The standard InChI is InChI=1S/C19H17NO2/c21-20-13-11-18(12-14-20)22-15-19(16-7-3-1-4-8-16)17-9-5-2-6-10-17/h1-14,19H,15H2. The van der Waals surface area contributed by atoms with E-state index < -0.39 is 0 Å². The van der Waals surface area contributed by atoms with Crippen molar-refractivity contribution in [1.29, 1.82) is 0 Å². The number of nitrogens with zero attached hydrogens (tertiary/aromatic N) is 1. The van der Waals surface area contributed by atoms with Gasteiger partial charge in [0, 0.05) is 18.1 Å². The predicted octanol–water partition coefficient (Wildman–Crippen LogP) is 3.53. The van der Waals surface area contributed by atoms with Gasteiger partial charge in [-0.25, -0.2) is 0 Å². The van der Waals surface area contributed by atoms with Gasteiger partial charge in [0.1, 0.15) is 5.75 Å². The minimum absolute atomic E-state index is 0.155. The Morgan fingerprint density at radius 2 is 1.27 bits per heavy atom. The largest absolute Gasteiger partial charge is 0.619 e. The summed E-state index contributed by atoms with van der Waals surface area (Å²) >= 11 is 0. The summed E-state index contributed by atoms with van der Waals surface area (Å²) in [6, 6.07) is 24.0. The second kappa shape index (κ2) is 6.76. The summed E-state index contributed by atoms with van der Waals surface area (Å²) in [5.41, 5.74) is 2.42. The third-order valence-corrected chi connectivity index (χ3v) is 3.59. The van der Waals surface area contributed by atoms with E-state index in [9.17, 15) is 5.21 Å². The van der Waals surface area contributed by atoms with Crippen molar-refractivity contribution in [3.05, 3.63) is 102 Å². The molecule has 3 nitrogen and oxygen atoms in total. The molecule has 0 N–H and O–H groups in total. The number of hydrogen-bond acceptors (Lipinski definition) is 2. The van der Waals surface area contributed by atoms with Crippen LogP contribution in [0.3, 0.4) is 0 Å². The first-order valence-electron chi connectivity index (χ1n) is 7.24. The Kier molecular flexibility index (Phi) is 4.35. The van der Waals surface area contributed by atoms with Gasteiger partial charge < -0.3 is 9.94 Å². The Hall–Kier alpha value is -2.81. The highest BCUT2D eigenvalue weighted by Crippen LogP contribution is 2.25. The second-order valence-corrected chi connectivity index (χ2v) is 5.08. The van der Waals surface area contributed by atoms with Crippen LogP contribution in [0.25, 0.3) is 0 Å². The first-order valence-corrected chi connectivity index (χ1v) is 7.24. The summed E-state index contributed by atoms with van der Waals surface area (Å²) in [4.78, 5) is 0. The lowest BCUT2D eigenvalue weighted by Gasteiger charge is -2.18. The average Bonchev–Trinajstić information content (AvgIpc) is 2.59. The Morgan fingerprint density at radius 3 is 1.77 bits per heavy atom. The molecule has 0 unspecified atom stereocenters. The lowest BCUT2D eigenvalue weighted by molar-refractivity contribution is -0.605. The van der Waals surface area contributed by atoms with Crippen molar-refractivity contribution in [3.8, 4) is 5.75 Å². The molecule has 22 heavy (non-hydrogen) atoms. The van der Waals surface area contributed by atoms with Crippen molar-refractivity contribution in [2.24, 2.45) is 0 Å². The molecule has 0 aliphatic heterocycles. The van der Waals surface area contributed by atoms with E-state index >= 15 is 0 Å². The van der Waals surface area contributed by atoms with Crippen LogP contribution in [-0.4, -0.2) is 6.61 Å². The highest BCUT2D eigenvalue weighted by atomic mass is 16.5. The van der Waals surface area contributed by atoms with Crippen molar-refractivity contribution in [1.82, 2.24) is 0 Å². The van der Waals surface area contributed by atoms with E-state index in [0.29, 0.717) is 12.4 Å². The van der Waals surface area contributed by atoms with Crippen molar-refractivity contribution in [2.45, 2.75) is 5.92 Å². The number of ether oxygens (including phenoxy) is 1. The Labute approximate surface area is 130 Å². The molecule has 0 aliphatic rings. The van der Waals surface area contributed by atoms with Crippen molar-refractivity contribution >= 4 is 0 Å². The molecule has 0 saturated carbocycles. The zero-order valence-electron chi connectivity index (χ0n) is 12.1. The van der Waals surface area contributed by atoms with Gasteiger partial charge in [0.15, 0.2) is 12.4 Å². The number of pyridine rings is 1. The third kappa shape index (κ3) is 3.44. The maximum atomic E-state index is 11.1. The van der Waals surface area contributed by atoms with Crippen LogP contribution in [0.1, 0.15) is 17.0 Å². The fourth-order valence-corrected chi connectivity index (χ4v) is 2.43. The number of benzene rings is 2. The lowest BCUT2D eigenvalue weighted by atomic mass is 9.92. The molecule has 0 spiro atoms. The van der Waals surface area contributed by atoms with Crippen LogP contribution in [0.15, 0.2) is 85.2 Å². The Balaban J connectivity index is 1.81. The smallest absolute Gasteiger partial charge is 0.184 e. The van der Waals surface area contributed by atoms with Gasteiger partial charge in [-0.1, -0.05) is 60.7 Å². The topological polar surface area (TPSA) is 36.2 Å². The second-order valence-electron chi connectivity index (χ2n) is 5.08. The molecule has 0 bridgehead atoms. The summed E-state index contributed by atoms with van der Waals surface area (Å²) in [5, 5.41) is 11.1. The van der Waals surface area contributed by atoms with Gasteiger partial charge in [0.2, 0.25) is 0 Å². The average molecular weight is 291 g/mol. The first kappa shape index (κ1) is 14.1. The van der Waals surface area contributed by atoms with Gasteiger partial charge in [-0.05, 0) is 11.1 Å². The van der Waals surface area contributed by atoms with Crippen LogP contribution in [0.5, 0.6) is 5.75 Å². The Morgan fingerprint density at radius 1 is 0.773 bits per heavy atom. The summed E-state index contributed by atoms with van der Waals surface area (Å²) in [5.74, 6) is 0.853. The molecule has 3 rings (SSSR count). The number of hydrogen-bond donors (Lipinski definition) is 0. The molecule has 110 valence electrons. The molecule has 2 aromatic carbocycles. The highest BCUT2D eigenvalue weighted by molar-refractivity contribution is 5.32.